The van der Waals surface area contributed by atoms with Crippen molar-refractivity contribution in [3.8, 4) is 0 Å². The van der Waals surface area contributed by atoms with Gasteiger partial charge in [-0.25, -0.2) is 5.43 Å². The van der Waals surface area contributed by atoms with Gasteiger partial charge in [0, 0.05) is 22.6 Å². The molecule has 3 atom stereocenters. The van der Waals surface area contributed by atoms with Gasteiger partial charge >= 0.3 is 0 Å². The molecule has 9 heteroatoms. The lowest BCUT2D eigenvalue weighted by Gasteiger charge is -2.37. The van der Waals surface area contributed by atoms with Crippen molar-refractivity contribution < 1.29 is 9.59 Å². The Labute approximate surface area is 194 Å². The Hall–Kier alpha value is -2.78. The van der Waals surface area contributed by atoms with E-state index in [0.717, 1.165) is 22.1 Å². The number of anilines is 2. The molecule has 0 radical (unpaired) electrons. The summed E-state index contributed by atoms with van der Waals surface area (Å²) >= 11 is 7.36. The second kappa shape index (κ2) is 8.99. The quantitative estimate of drug-likeness (QED) is 0.461. The number of hydrazine groups is 1. The molecule has 0 saturated carbocycles. The monoisotopic (exact) mass is 467 g/mol. The third-order valence-electron chi connectivity index (χ3n) is 5.62. The van der Waals surface area contributed by atoms with E-state index in [1.807, 2.05) is 71.7 Å². The summed E-state index contributed by atoms with van der Waals surface area (Å²) in [6, 6.07) is 21.2. The molecule has 2 saturated heterocycles. The van der Waals surface area contributed by atoms with Gasteiger partial charge in [-0.2, -0.15) is 0 Å². The van der Waals surface area contributed by atoms with E-state index in [9.17, 15) is 9.59 Å². The maximum Gasteiger partial charge on any atom is 0.234 e. The Morgan fingerprint density at radius 2 is 1.88 bits per heavy atom. The van der Waals surface area contributed by atoms with Crippen LogP contribution in [0.15, 0.2) is 66.7 Å². The highest BCUT2D eigenvalue weighted by Gasteiger charge is 2.44. The van der Waals surface area contributed by atoms with E-state index in [4.69, 9.17) is 11.6 Å². The van der Waals surface area contributed by atoms with Crippen molar-refractivity contribution >= 4 is 57.3 Å². The van der Waals surface area contributed by atoms with Crippen molar-refractivity contribution in [3.05, 3.63) is 71.8 Å². The molecule has 2 heterocycles. The van der Waals surface area contributed by atoms with Crippen molar-refractivity contribution in [2.45, 2.75) is 11.7 Å². The van der Waals surface area contributed by atoms with E-state index in [0.29, 0.717) is 11.6 Å². The van der Waals surface area contributed by atoms with Gasteiger partial charge < -0.3 is 10.6 Å². The average molecular weight is 468 g/mol. The summed E-state index contributed by atoms with van der Waals surface area (Å²) in [6.07, 6.45) is -0.219. The molecular formula is C23H22ClN5O2S. The summed E-state index contributed by atoms with van der Waals surface area (Å²) in [5, 5.41) is 14.1. The number of hydrogen-bond acceptors (Lipinski definition) is 6. The van der Waals surface area contributed by atoms with Gasteiger partial charge in [-0.3, -0.25) is 19.9 Å². The minimum atomic E-state index is -0.378. The molecule has 0 spiro atoms. The Morgan fingerprint density at radius 3 is 2.72 bits per heavy atom. The number of halogens is 1. The molecule has 3 aromatic rings. The second-order valence-electron chi connectivity index (χ2n) is 7.70. The minimum absolute atomic E-state index is 0.0373. The van der Waals surface area contributed by atoms with E-state index >= 15 is 0 Å². The topological polar surface area (TPSA) is 85.5 Å². The summed E-state index contributed by atoms with van der Waals surface area (Å²) in [5.41, 5.74) is 4.60. The van der Waals surface area contributed by atoms with Crippen LogP contribution in [0.4, 0.5) is 11.4 Å². The van der Waals surface area contributed by atoms with Gasteiger partial charge in [0.15, 0.2) is 0 Å². The summed E-state index contributed by atoms with van der Waals surface area (Å²) in [7, 11) is 0. The van der Waals surface area contributed by atoms with Gasteiger partial charge in [0.1, 0.15) is 11.7 Å². The lowest BCUT2D eigenvalue weighted by molar-refractivity contribution is -0.127. The highest BCUT2D eigenvalue weighted by Crippen LogP contribution is 2.28. The second-order valence-corrected chi connectivity index (χ2v) is 9.23. The number of amides is 2. The van der Waals surface area contributed by atoms with Crippen LogP contribution in [0.5, 0.6) is 0 Å². The molecule has 2 aliphatic heterocycles. The van der Waals surface area contributed by atoms with Gasteiger partial charge in [-0.15, -0.1) is 11.8 Å². The summed E-state index contributed by atoms with van der Waals surface area (Å²) in [6.45, 7) is 0.533. The molecule has 2 fully saturated rings. The van der Waals surface area contributed by atoms with Crippen molar-refractivity contribution in [2.24, 2.45) is 5.92 Å². The first-order chi connectivity index (χ1) is 15.6. The van der Waals surface area contributed by atoms with Crippen LogP contribution in [0.1, 0.15) is 0 Å². The summed E-state index contributed by atoms with van der Waals surface area (Å²) < 4.78 is 0. The van der Waals surface area contributed by atoms with Crippen molar-refractivity contribution in [1.29, 1.82) is 0 Å². The van der Waals surface area contributed by atoms with Gasteiger partial charge in [0.25, 0.3) is 0 Å². The maximum atomic E-state index is 12.6. The predicted octanol–water partition coefficient (Wildman–Crippen LogP) is 3.14. The number of nitrogens with one attached hydrogen (secondary N) is 4. The average Bonchev–Trinajstić information content (AvgIpc) is 3.23. The fourth-order valence-corrected chi connectivity index (χ4v) is 5.02. The Kier molecular flexibility index (Phi) is 5.93. The molecule has 2 amide bonds. The Bertz CT molecular complexity index is 1150. The third kappa shape index (κ3) is 4.27. The van der Waals surface area contributed by atoms with Gasteiger partial charge in [-0.05, 0) is 35.7 Å². The van der Waals surface area contributed by atoms with E-state index in [-0.39, 0.29) is 35.1 Å². The Balaban J connectivity index is 1.22. The van der Waals surface area contributed by atoms with Crippen LogP contribution >= 0.6 is 23.4 Å². The number of fused-ring (bicyclic) bond motifs is 2. The first-order valence-corrected chi connectivity index (χ1v) is 11.7. The van der Waals surface area contributed by atoms with E-state index < -0.39 is 0 Å². The van der Waals surface area contributed by atoms with Gasteiger partial charge in [0.05, 0.1) is 17.4 Å². The molecule has 4 N–H and O–H groups in total. The first-order valence-electron chi connectivity index (χ1n) is 10.3. The molecule has 32 heavy (non-hydrogen) atoms. The molecule has 0 aliphatic carbocycles. The number of carbonyl (C=O) groups is 2. The number of benzene rings is 3. The zero-order valence-corrected chi connectivity index (χ0v) is 18.6. The smallest absolute Gasteiger partial charge is 0.234 e. The number of rotatable bonds is 5. The lowest BCUT2D eigenvalue weighted by atomic mass is 10.1. The molecule has 7 nitrogen and oxygen atoms in total. The summed E-state index contributed by atoms with van der Waals surface area (Å²) in [4.78, 5) is 25.3. The molecule has 164 valence electrons. The minimum Gasteiger partial charge on any atom is -0.331 e. The zero-order chi connectivity index (χ0) is 22.1. The van der Waals surface area contributed by atoms with Crippen LogP contribution < -0.4 is 26.4 Å². The number of nitrogens with zero attached hydrogens (tertiary/aromatic N) is 1. The van der Waals surface area contributed by atoms with Crippen molar-refractivity contribution in [3.63, 3.8) is 0 Å². The summed E-state index contributed by atoms with van der Waals surface area (Å²) in [5.74, 6) is -0.187. The molecule has 5 rings (SSSR count). The van der Waals surface area contributed by atoms with Gasteiger partial charge in [0.2, 0.25) is 11.8 Å². The van der Waals surface area contributed by atoms with E-state index in [1.165, 1.54) is 11.8 Å². The molecule has 3 unspecified atom stereocenters. The third-order valence-corrected chi connectivity index (χ3v) is 6.89. The van der Waals surface area contributed by atoms with Crippen LogP contribution in [-0.4, -0.2) is 35.8 Å². The fourth-order valence-electron chi connectivity index (χ4n) is 4.07. The maximum absolute atomic E-state index is 12.6. The molecule has 0 bridgehead atoms. The van der Waals surface area contributed by atoms with E-state index in [2.05, 4.69) is 21.4 Å². The van der Waals surface area contributed by atoms with Crippen molar-refractivity contribution in [2.75, 3.05) is 22.6 Å². The first kappa shape index (κ1) is 21.1. The highest BCUT2D eigenvalue weighted by atomic mass is 35.5. The van der Waals surface area contributed by atoms with Crippen LogP contribution in [0, 0.1) is 5.92 Å². The SMILES string of the molecule is O=C(CSC1NC(=O)C2CNN(c3ccc(Cl)cc3)C2N1)Nc1cccc2ccccc12. The van der Waals surface area contributed by atoms with Crippen LogP contribution in [0.25, 0.3) is 10.8 Å². The number of thioether (sulfide) groups is 1. The van der Waals surface area contributed by atoms with E-state index in [1.54, 1.807) is 0 Å². The normalized spacial score (nSPS) is 22.5. The Morgan fingerprint density at radius 1 is 1.09 bits per heavy atom. The molecule has 3 aromatic carbocycles. The van der Waals surface area contributed by atoms with Gasteiger partial charge in [-0.1, -0.05) is 48.0 Å². The lowest BCUT2D eigenvalue weighted by Crippen LogP contribution is -2.63. The predicted molar refractivity (Wildman–Crippen MR) is 129 cm³/mol. The highest BCUT2D eigenvalue weighted by molar-refractivity contribution is 8.00. The zero-order valence-electron chi connectivity index (χ0n) is 17.0. The van der Waals surface area contributed by atoms with Crippen LogP contribution in [0.3, 0.4) is 0 Å². The standard InChI is InChI=1S/C23H22ClN5O2S/c24-15-8-10-16(11-9-15)29-21-18(12-25-29)22(31)28-23(27-21)32-13-20(30)26-19-7-3-5-14-4-1-2-6-17(14)19/h1-11,18,21,23,25,27H,12-13H2,(H,26,30)(H,28,31). The number of hydrogen-bond donors (Lipinski definition) is 4. The molecular weight excluding hydrogens is 446 g/mol. The van der Waals surface area contributed by atoms with Crippen LogP contribution in [-0.2, 0) is 9.59 Å². The number of carbonyl (C=O) groups excluding carboxylic acids is 2. The fraction of sp³-hybridized carbons (Fsp3) is 0.217. The molecule has 2 aliphatic rings. The largest absolute Gasteiger partial charge is 0.331 e. The van der Waals surface area contributed by atoms with Crippen molar-refractivity contribution in [1.82, 2.24) is 16.1 Å². The van der Waals surface area contributed by atoms with Crippen LogP contribution in [0.2, 0.25) is 5.02 Å². The molecule has 0 aromatic heterocycles.